The van der Waals surface area contributed by atoms with Gasteiger partial charge in [-0.15, -0.1) is 0 Å². The van der Waals surface area contributed by atoms with Crippen LogP contribution in [0.5, 0.6) is 5.75 Å². The van der Waals surface area contributed by atoms with Crippen molar-refractivity contribution in [3.63, 3.8) is 0 Å². The zero-order valence-corrected chi connectivity index (χ0v) is 16.7. The van der Waals surface area contributed by atoms with E-state index >= 15 is 0 Å². The van der Waals surface area contributed by atoms with Gasteiger partial charge in [-0.3, -0.25) is 9.69 Å². The maximum atomic E-state index is 13.7. The van der Waals surface area contributed by atoms with Crippen LogP contribution in [0.3, 0.4) is 0 Å². The molecule has 0 unspecified atom stereocenters. The van der Waals surface area contributed by atoms with Crippen LogP contribution >= 0.6 is 0 Å². The lowest BCUT2D eigenvalue weighted by atomic mass is 10.1. The van der Waals surface area contributed by atoms with Crippen molar-refractivity contribution in [1.29, 1.82) is 0 Å². The molecule has 3 rings (SSSR count). The number of carbonyl (C=O) groups is 1. The van der Waals surface area contributed by atoms with Crippen LogP contribution in [0.25, 0.3) is 0 Å². The van der Waals surface area contributed by atoms with E-state index < -0.39 is 0 Å². The third kappa shape index (κ3) is 4.62. The summed E-state index contributed by atoms with van der Waals surface area (Å²) in [5, 5.41) is 2.82. The van der Waals surface area contributed by atoms with E-state index in [9.17, 15) is 9.18 Å². The maximum Gasteiger partial charge on any atom is 0.241 e. The minimum absolute atomic E-state index is 0.119. The van der Waals surface area contributed by atoms with Crippen molar-refractivity contribution >= 4 is 17.3 Å². The molecule has 2 aromatic rings. The van der Waals surface area contributed by atoms with E-state index in [2.05, 4.69) is 21.2 Å². The maximum absolute atomic E-state index is 13.7. The quantitative estimate of drug-likeness (QED) is 0.824. The lowest BCUT2D eigenvalue weighted by Gasteiger charge is -2.39. The monoisotopic (exact) mass is 385 g/mol. The second-order valence-electron chi connectivity index (χ2n) is 7.05. The van der Waals surface area contributed by atoms with E-state index in [1.807, 2.05) is 32.0 Å². The van der Waals surface area contributed by atoms with Gasteiger partial charge in [0.25, 0.3) is 0 Å². The summed E-state index contributed by atoms with van der Waals surface area (Å²) in [6, 6.07) is 12.5. The molecule has 0 bridgehead atoms. The van der Waals surface area contributed by atoms with Crippen molar-refractivity contribution in [2.45, 2.75) is 26.8 Å². The Morgan fingerprint density at radius 2 is 1.89 bits per heavy atom. The standard InChI is InChI=1S/C22H28FN3O2/c1-4-28-21-8-6-5-7-20(21)26-13-11-25(12-14-26)17(3)22(27)24-18-10-9-16(2)19(23)15-18/h5-10,15,17H,4,11-14H2,1-3H3,(H,24,27)/t17-/m0/s1. The van der Waals surface area contributed by atoms with Gasteiger partial charge in [0.2, 0.25) is 5.91 Å². The van der Waals surface area contributed by atoms with Gasteiger partial charge in [-0.1, -0.05) is 18.2 Å². The van der Waals surface area contributed by atoms with E-state index in [0.29, 0.717) is 17.9 Å². The lowest BCUT2D eigenvalue weighted by Crippen LogP contribution is -2.52. The number of nitrogens with one attached hydrogen (secondary N) is 1. The molecule has 0 spiro atoms. The Bertz CT molecular complexity index is 819. The highest BCUT2D eigenvalue weighted by atomic mass is 19.1. The summed E-state index contributed by atoms with van der Waals surface area (Å²) >= 11 is 0. The van der Waals surface area contributed by atoms with E-state index in [4.69, 9.17) is 4.74 Å². The Kier molecular flexibility index (Phi) is 6.52. The van der Waals surface area contributed by atoms with Crippen LogP contribution in [0.4, 0.5) is 15.8 Å². The average Bonchev–Trinajstić information content (AvgIpc) is 2.71. The van der Waals surface area contributed by atoms with Gasteiger partial charge in [0.15, 0.2) is 0 Å². The first kappa shape index (κ1) is 20.1. The third-order valence-electron chi connectivity index (χ3n) is 5.19. The number of ether oxygens (including phenoxy) is 1. The molecule has 0 saturated carbocycles. The largest absolute Gasteiger partial charge is 0.492 e. The van der Waals surface area contributed by atoms with Gasteiger partial charge < -0.3 is 15.0 Å². The van der Waals surface area contributed by atoms with E-state index in [1.54, 1.807) is 19.1 Å². The Hall–Kier alpha value is -2.60. The van der Waals surface area contributed by atoms with Gasteiger partial charge in [0.1, 0.15) is 11.6 Å². The number of para-hydroxylation sites is 2. The average molecular weight is 385 g/mol. The highest BCUT2D eigenvalue weighted by molar-refractivity contribution is 5.94. The molecule has 1 heterocycles. The molecule has 1 N–H and O–H groups in total. The molecule has 2 aromatic carbocycles. The smallest absolute Gasteiger partial charge is 0.241 e. The van der Waals surface area contributed by atoms with Gasteiger partial charge in [0.05, 0.1) is 18.3 Å². The minimum atomic E-state index is -0.313. The second-order valence-corrected chi connectivity index (χ2v) is 7.05. The van der Waals surface area contributed by atoms with Gasteiger partial charge >= 0.3 is 0 Å². The number of halogens is 1. The molecular formula is C22H28FN3O2. The number of benzene rings is 2. The summed E-state index contributed by atoms with van der Waals surface area (Å²) in [6.07, 6.45) is 0. The van der Waals surface area contributed by atoms with Gasteiger partial charge in [-0.2, -0.15) is 0 Å². The number of anilines is 2. The summed E-state index contributed by atoms with van der Waals surface area (Å²) < 4.78 is 19.4. The normalized spacial score (nSPS) is 15.9. The van der Waals surface area contributed by atoms with Gasteiger partial charge in [0, 0.05) is 31.9 Å². The first-order valence-electron chi connectivity index (χ1n) is 9.77. The molecule has 1 saturated heterocycles. The molecule has 5 nitrogen and oxygen atoms in total. The first-order chi connectivity index (χ1) is 13.5. The molecular weight excluding hydrogens is 357 g/mol. The molecule has 1 atom stereocenters. The number of rotatable bonds is 6. The zero-order chi connectivity index (χ0) is 20.1. The predicted octanol–water partition coefficient (Wildman–Crippen LogP) is 3.68. The van der Waals surface area contributed by atoms with E-state index in [1.165, 1.54) is 6.07 Å². The van der Waals surface area contributed by atoms with Crippen molar-refractivity contribution in [3.05, 3.63) is 53.8 Å². The van der Waals surface area contributed by atoms with Crippen LogP contribution in [0, 0.1) is 12.7 Å². The summed E-state index contributed by atoms with van der Waals surface area (Å²) in [5.74, 6) is 0.462. The van der Waals surface area contributed by atoms with Gasteiger partial charge in [-0.25, -0.2) is 4.39 Å². The number of amides is 1. The summed E-state index contributed by atoms with van der Waals surface area (Å²) in [4.78, 5) is 17.0. The molecule has 6 heteroatoms. The molecule has 1 aliphatic rings. The Morgan fingerprint density at radius 3 is 2.57 bits per heavy atom. The summed E-state index contributed by atoms with van der Waals surface area (Å²) in [6.45, 7) is 9.40. The molecule has 28 heavy (non-hydrogen) atoms. The molecule has 1 fully saturated rings. The third-order valence-corrected chi connectivity index (χ3v) is 5.19. The number of nitrogens with zero attached hydrogens (tertiary/aromatic N) is 2. The highest BCUT2D eigenvalue weighted by Crippen LogP contribution is 2.29. The predicted molar refractivity (Wildman–Crippen MR) is 111 cm³/mol. The van der Waals surface area contributed by atoms with Crippen molar-refractivity contribution < 1.29 is 13.9 Å². The fourth-order valence-electron chi connectivity index (χ4n) is 3.43. The molecule has 0 radical (unpaired) electrons. The number of aryl methyl sites for hydroxylation is 1. The molecule has 0 aromatic heterocycles. The topological polar surface area (TPSA) is 44.8 Å². The van der Waals surface area contributed by atoms with Crippen molar-refractivity contribution in [3.8, 4) is 5.75 Å². The highest BCUT2D eigenvalue weighted by Gasteiger charge is 2.26. The van der Waals surface area contributed by atoms with E-state index in [0.717, 1.165) is 37.6 Å². The number of hydrogen-bond acceptors (Lipinski definition) is 4. The number of hydrogen-bond donors (Lipinski definition) is 1. The Balaban J connectivity index is 1.58. The van der Waals surface area contributed by atoms with Crippen LogP contribution in [-0.2, 0) is 4.79 Å². The van der Waals surface area contributed by atoms with Crippen molar-refractivity contribution in [1.82, 2.24) is 4.90 Å². The van der Waals surface area contributed by atoms with E-state index in [-0.39, 0.29) is 17.8 Å². The fourth-order valence-corrected chi connectivity index (χ4v) is 3.43. The van der Waals surface area contributed by atoms with Crippen LogP contribution in [-0.4, -0.2) is 49.6 Å². The van der Waals surface area contributed by atoms with Crippen molar-refractivity contribution in [2.75, 3.05) is 43.0 Å². The lowest BCUT2D eigenvalue weighted by molar-refractivity contribution is -0.120. The molecule has 150 valence electrons. The zero-order valence-electron chi connectivity index (χ0n) is 16.7. The summed E-state index contributed by atoms with van der Waals surface area (Å²) in [7, 11) is 0. The SMILES string of the molecule is CCOc1ccccc1N1CCN([C@@H](C)C(=O)Nc2ccc(C)c(F)c2)CC1. The number of carbonyl (C=O) groups excluding carboxylic acids is 1. The Labute approximate surface area is 166 Å². The first-order valence-corrected chi connectivity index (χ1v) is 9.77. The minimum Gasteiger partial charge on any atom is -0.492 e. The molecule has 1 amide bonds. The molecule has 0 aliphatic carbocycles. The van der Waals surface area contributed by atoms with Crippen LogP contribution in [0.1, 0.15) is 19.4 Å². The van der Waals surface area contributed by atoms with Crippen LogP contribution < -0.4 is 15.0 Å². The van der Waals surface area contributed by atoms with Crippen molar-refractivity contribution in [2.24, 2.45) is 0 Å². The second kappa shape index (κ2) is 9.06. The molecule has 1 aliphatic heterocycles. The van der Waals surface area contributed by atoms with Crippen LogP contribution in [0.2, 0.25) is 0 Å². The summed E-state index contributed by atoms with van der Waals surface area (Å²) in [5.41, 5.74) is 2.15. The number of piperazine rings is 1. The van der Waals surface area contributed by atoms with Gasteiger partial charge in [-0.05, 0) is 50.6 Å². The Morgan fingerprint density at radius 1 is 1.18 bits per heavy atom. The fraction of sp³-hybridized carbons (Fsp3) is 0.409. The van der Waals surface area contributed by atoms with Crippen LogP contribution in [0.15, 0.2) is 42.5 Å².